The molecule has 0 radical (unpaired) electrons. The molecule has 32 heteroatoms. The monoisotopic (exact) mass is 1710 g/mol. The van der Waals surface area contributed by atoms with E-state index in [1.54, 1.807) is 54.7 Å². The van der Waals surface area contributed by atoms with Gasteiger partial charge in [-0.25, -0.2) is 50.5 Å². The highest BCUT2D eigenvalue weighted by Crippen LogP contribution is 2.34. The molecular formula is C84H94ClN11O14S6. The summed E-state index contributed by atoms with van der Waals surface area (Å²) in [7, 11) is -12.1. The average Bonchev–Trinajstić information content (AvgIpc) is 0.775. The molecule has 15 rings (SSSR count). The van der Waals surface area contributed by atoms with Gasteiger partial charge in [0, 0.05) is 179 Å². The molecule has 0 saturated carbocycles. The highest BCUT2D eigenvalue weighted by atomic mass is 35.5. The molecule has 4 aliphatic heterocycles. The molecule has 4 fully saturated rings. The van der Waals surface area contributed by atoms with Crippen molar-refractivity contribution in [3.63, 3.8) is 0 Å². The number of ether oxygens (including phenoxy) is 1. The first-order chi connectivity index (χ1) is 55.3. The zero-order valence-corrected chi connectivity index (χ0v) is 70.4. The number of aromatic nitrogens is 1. The van der Waals surface area contributed by atoms with Crippen molar-refractivity contribution in [1.29, 1.82) is 0 Å². The molecule has 612 valence electrons. The van der Waals surface area contributed by atoms with E-state index >= 15 is 0 Å². The van der Waals surface area contributed by atoms with Crippen molar-refractivity contribution in [2.75, 3.05) is 158 Å². The number of sulfone groups is 3. The van der Waals surface area contributed by atoms with Gasteiger partial charge in [0.25, 0.3) is 36.0 Å². The van der Waals surface area contributed by atoms with E-state index in [4.69, 9.17) is 16.3 Å². The van der Waals surface area contributed by atoms with Crippen LogP contribution < -0.4 is 29.3 Å². The smallest absolute Gasteiger partial charge is 0.262 e. The Hall–Kier alpha value is -9.61. The molecule has 0 atom stereocenters. The zero-order valence-electron chi connectivity index (χ0n) is 64.8. The number of anilines is 6. The molecule has 5 heterocycles. The Balaban J connectivity index is 0.000000143. The highest BCUT2D eigenvalue weighted by molar-refractivity contribution is 7.93. The number of fused-ring (bicyclic) bond motifs is 3. The normalized spacial score (nSPS) is 16.6. The van der Waals surface area contributed by atoms with Crippen LogP contribution in [0.15, 0.2) is 245 Å². The highest BCUT2D eigenvalue weighted by Gasteiger charge is 2.27. The molecule has 1 aromatic heterocycles. The van der Waals surface area contributed by atoms with E-state index in [0.29, 0.717) is 103 Å². The van der Waals surface area contributed by atoms with Crippen molar-refractivity contribution in [2.45, 2.75) is 40.9 Å². The average molecular weight is 1710 g/mol. The fourth-order valence-electron chi connectivity index (χ4n) is 13.7. The standard InChI is InChI=1S/C23H27N3O4S2.C23H27N3O3S.C21H21N3O3S.C17H19ClN2O4S2/c1-25(2)22-7-3-6-21-20(22)5-4-8-23(21)32(29,30)24-19-11-9-18(10-12-19)17-26-13-15-31(27,28)16-14-26;1-25(2)22-7-3-6-21-20(22)5-4-8-23(21)30(27,28)24-19-11-9-18(10-12-19)17-26-13-15-29-16-14-26;25-21(18-13-17-3-1-2-4-20(17)22-14-18)23-19-7-5-16(6-8-19)15-24-9-11-28(26,27)12-10-24;18-15-3-7-17(8-4-15)26(23,24)19-16-5-1-14(2-6-16)13-20-9-11-25(21,22)12-10-20/h3-12,24H,13-17H2,1-2H3;3-12,24H,13-17H2,1-2H3;1-8,13-14H,9-12,15H2,(H,23,25);1-8,19H,9-13H2. The van der Waals surface area contributed by atoms with Crippen molar-refractivity contribution in [3.8, 4) is 0 Å². The molecule has 10 aromatic carbocycles. The van der Waals surface area contributed by atoms with E-state index in [2.05, 4.69) is 44.1 Å². The minimum atomic E-state index is -3.78. The van der Waals surface area contributed by atoms with Crippen LogP contribution in [-0.2, 0) is 90.5 Å². The maximum absolute atomic E-state index is 13.2. The number of sulfonamides is 3. The van der Waals surface area contributed by atoms with Crippen LogP contribution in [0.2, 0.25) is 5.02 Å². The summed E-state index contributed by atoms with van der Waals surface area (Å²) in [5, 5.41) is 7.45. The van der Waals surface area contributed by atoms with Gasteiger partial charge in [-0.05, 0) is 131 Å². The second kappa shape index (κ2) is 37.8. The number of amides is 1. The Bertz CT molecular complexity index is 5980. The fourth-order valence-corrected chi connectivity index (χ4v) is 21.2. The van der Waals surface area contributed by atoms with E-state index in [-0.39, 0.29) is 55.1 Å². The Morgan fingerprint density at radius 3 is 1.14 bits per heavy atom. The summed E-state index contributed by atoms with van der Waals surface area (Å²) >= 11 is 5.78. The van der Waals surface area contributed by atoms with Crippen molar-refractivity contribution in [1.82, 2.24) is 24.6 Å². The molecule has 4 N–H and O–H groups in total. The van der Waals surface area contributed by atoms with E-state index in [1.807, 2.05) is 190 Å². The quantitative estimate of drug-likeness (QED) is 0.0519. The number of nitrogens with one attached hydrogen (secondary N) is 4. The van der Waals surface area contributed by atoms with E-state index < -0.39 is 59.6 Å². The summed E-state index contributed by atoms with van der Waals surface area (Å²) in [6.45, 7) is 9.40. The Labute approximate surface area is 685 Å². The van der Waals surface area contributed by atoms with Crippen LogP contribution in [-0.4, -0.2) is 209 Å². The summed E-state index contributed by atoms with van der Waals surface area (Å²) in [6, 6.07) is 67.0. The molecular weight excluding hydrogens is 1610 g/mol. The molecule has 0 bridgehead atoms. The van der Waals surface area contributed by atoms with Crippen LogP contribution in [0.5, 0.6) is 0 Å². The van der Waals surface area contributed by atoms with Crippen LogP contribution in [0.1, 0.15) is 32.6 Å². The van der Waals surface area contributed by atoms with Gasteiger partial charge in [0.1, 0.15) is 0 Å². The van der Waals surface area contributed by atoms with E-state index in [0.717, 1.165) is 88.2 Å². The third-order valence-corrected chi connectivity index (χ3v) is 29.5. The van der Waals surface area contributed by atoms with Crippen LogP contribution in [0.25, 0.3) is 32.4 Å². The maximum atomic E-state index is 13.2. The second-order valence-corrected chi connectivity index (χ2v) is 41.5. The minimum Gasteiger partial charge on any atom is -0.379 e. The molecule has 4 aliphatic rings. The second-order valence-electron chi connectivity index (χ2n) is 29.1. The Morgan fingerprint density at radius 1 is 0.405 bits per heavy atom. The number of hydrogen-bond acceptors (Lipinski definition) is 21. The van der Waals surface area contributed by atoms with Gasteiger partial charge >= 0.3 is 0 Å². The number of hydrogen-bond donors (Lipinski definition) is 4. The lowest BCUT2D eigenvalue weighted by molar-refractivity contribution is 0.0342. The van der Waals surface area contributed by atoms with Crippen molar-refractivity contribution < 1.29 is 60.0 Å². The third kappa shape index (κ3) is 23.6. The summed E-state index contributed by atoms with van der Waals surface area (Å²) in [5.74, 6) is 0.990. The van der Waals surface area contributed by atoms with Crippen molar-refractivity contribution in [3.05, 3.63) is 263 Å². The molecule has 4 saturated heterocycles. The van der Waals surface area contributed by atoms with Crippen LogP contribution in [0, 0.1) is 0 Å². The van der Waals surface area contributed by atoms with E-state index in [9.17, 15) is 55.3 Å². The molecule has 0 unspecified atom stereocenters. The molecule has 1 amide bonds. The Kier molecular flexibility index (Phi) is 27.9. The maximum Gasteiger partial charge on any atom is 0.262 e. The molecule has 0 spiro atoms. The SMILES string of the molecule is CN(C)c1cccc2c(S(=O)(=O)Nc3ccc(CN4CCOCC4)cc3)cccc12.CN(C)c1cccc2c(S(=O)(=O)Nc3ccc(CN4CCS(=O)(=O)CC4)cc3)cccc12.O=C(Nc1ccc(CN2CCS(=O)(=O)CC2)cc1)c1cnc2ccccc2c1.O=S1(=O)CCN(Cc2ccc(NS(=O)(=O)c3ccc(Cl)cc3)cc2)CC1. The molecule has 11 aromatic rings. The predicted molar refractivity (Wildman–Crippen MR) is 464 cm³/mol. The van der Waals surface area contributed by atoms with E-state index in [1.165, 1.54) is 24.3 Å². The minimum absolute atomic E-state index is 0.139. The number of nitrogens with zero attached hydrogens (tertiary/aromatic N) is 7. The summed E-state index contributed by atoms with van der Waals surface area (Å²) in [4.78, 5) is 30.1. The van der Waals surface area contributed by atoms with Gasteiger partial charge in [0.15, 0.2) is 29.5 Å². The predicted octanol–water partition coefficient (Wildman–Crippen LogP) is 11.6. The number of carbonyl (C=O) groups excluding carboxylic acids is 1. The third-order valence-electron chi connectivity index (χ3n) is 20.1. The first kappa shape index (κ1) is 85.8. The topological polar surface area (TPSA) is 312 Å². The fraction of sp³-hybridized carbons (Fsp3) is 0.286. The van der Waals surface area contributed by atoms with Gasteiger partial charge in [-0.1, -0.05) is 127 Å². The molecule has 0 aliphatic carbocycles. The first-order valence-corrected chi connectivity index (χ1v) is 47.9. The van der Waals surface area contributed by atoms with Crippen LogP contribution in [0.4, 0.5) is 34.1 Å². The Morgan fingerprint density at radius 2 is 0.750 bits per heavy atom. The van der Waals surface area contributed by atoms with Crippen molar-refractivity contribution in [2.24, 2.45) is 0 Å². The number of para-hydroxylation sites is 1. The number of benzene rings is 10. The largest absolute Gasteiger partial charge is 0.379 e. The summed E-state index contributed by atoms with van der Waals surface area (Å²) < 4.78 is 160. The lowest BCUT2D eigenvalue weighted by atomic mass is 10.1. The number of morpholine rings is 1. The van der Waals surface area contributed by atoms with Gasteiger partial charge in [-0.2, -0.15) is 0 Å². The van der Waals surface area contributed by atoms with Gasteiger partial charge in [0.2, 0.25) is 0 Å². The molecule has 116 heavy (non-hydrogen) atoms. The van der Waals surface area contributed by atoms with Gasteiger partial charge < -0.3 is 19.9 Å². The lowest BCUT2D eigenvalue weighted by Crippen LogP contribution is -2.39. The zero-order chi connectivity index (χ0) is 82.4. The number of rotatable bonds is 21. The number of pyridine rings is 1. The van der Waals surface area contributed by atoms with Gasteiger partial charge in [0.05, 0.1) is 73.5 Å². The van der Waals surface area contributed by atoms with Gasteiger partial charge in [-0.15, -0.1) is 0 Å². The summed E-state index contributed by atoms with van der Waals surface area (Å²) in [5.41, 5.74) is 9.76. The van der Waals surface area contributed by atoms with Crippen LogP contribution >= 0.6 is 11.6 Å². The lowest BCUT2D eigenvalue weighted by Gasteiger charge is -2.26. The molecule has 25 nitrogen and oxygen atoms in total. The van der Waals surface area contributed by atoms with Crippen LogP contribution in [0.3, 0.4) is 0 Å². The van der Waals surface area contributed by atoms with Gasteiger partial charge in [-0.3, -0.25) is 43.5 Å². The first-order valence-electron chi connectivity index (χ1n) is 37.6. The number of carbonyl (C=O) groups is 1. The number of halogens is 1. The van der Waals surface area contributed by atoms with Crippen molar-refractivity contribution >= 4 is 144 Å². The summed E-state index contributed by atoms with van der Waals surface area (Å²) in [6.07, 6.45) is 1.58.